The summed E-state index contributed by atoms with van der Waals surface area (Å²) in [5, 5.41) is 20.0. The lowest BCUT2D eigenvalue weighted by Gasteiger charge is -2.07. The third kappa shape index (κ3) is 3.20. The van der Waals surface area contributed by atoms with Crippen molar-refractivity contribution >= 4 is 28.8 Å². The lowest BCUT2D eigenvalue weighted by molar-refractivity contribution is 1.29. The summed E-state index contributed by atoms with van der Waals surface area (Å²) in [6, 6.07) is 5.33. The quantitative estimate of drug-likeness (QED) is 0.435. The summed E-state index contributed by atoms with van der Waals surface area (Å²) in [6.07, 6.45) is 0. The Labute approximate surface area is 104 Å². The van der Waals surface area contributed by atoms with Gasteiger partial charge in [-0.05, 0) is 37.1 Å². The van der Waals surface area contributed by atoms with E-state index < -0.39 is 0 Å². The number of benzene rings is 1. The third-order valence-electron chi connectivity index (χ3n) is 2.23. The number of halogens is 1. The molecule has 1 aromatic rings. The summed E-state index contributed by atoms with van der Waals surface area (Å²) in [6.45, 7) is 3.89. The zero-order valence-corrected chi connectivity index (χ0v) is 10.3. The van der Waals surface area contributed by atoms with Gasteiger partial charge < -0.3 is 5.73 Å². The standard InChI is InChI=1S/C11H12ClN5/c1-6-3-8(12)9(4-7(6)2)16-17-10(5-13)11(14)15/h3-4,16H,1-2H3,(H3,14,15)/b17-10+. The topological polar surface area (TPSA) is 98.0 Å². The van der Waals surface area contributed by atoms with E-state index in [1.807, 2.05) is 19.9 Å². The van der Waals surface area contributed by atoms with E-state index in [0.29, 0.717) is 10.7 Å². The van der Waals surface area contributed by atoms with Crippen LogP contribution in [0, 0.1) is 30.6 Å². The summed E-state index contributed by atoms with van der Waals surface area (Å²) in [5.74, 6) is -0.389. The van der Waals surface area contributed by atoms with Gasteiger partial charge in [-0.15, -0.1) is 0 Å². The third-order valence-corrected chi connectivity index (χ3v) is 2.55. The second-order valence-electron chi connectivity index (χ2n) is 3.51. The minimum absolute atomic E-state index is 0.181. The van der Waals surface area contributed by atoms with Crippen LogP contribution in [0.5, 0.6) is 0 Å². The molecule has 0 saturated heterocycles. The fraction of sp³-hybridized carbons (Fsp3) is 0.182. The maximum atomic E-state index is 8.67. The fourth-order valence-corrected chi connectivity index (χ4v) is 1.39. The van der Waals surface area contributed by atoms with E-state index >= 15 is 0 Å². The van der Waals surface area contributed by atoms with Gasteiger partial charge in [0.2, 0.25) is 5.71 Å². The van der Waals surface area contributed by atoms with Crippen LogP contribution in [0.4, 0.5) is 5.69 Å². The van der Waals surface area contributed by atoms with Crippen molar-refractivity contribution in [1.29, 1.82) is 10.7 Å². The van der Waals surface area contributed by atoms with Crippen molar-refractivity contribution in [3.05, 3.63) is 28.3 Å². The molecule has 6 heteroatoms. The number of anilines is 1. The molecule has 17 heavy (non-hydrogen) atoms. The van der Waals surface area contributed by atoms with Crippen LogP contribution in [0.3, 0.4) is 0 Å². The maximum Gasteiger partial charge on any atom is 0.201 e. The van der Waals surface area contributed by atoms with Gasteiger partial charge >= 0.3 is 0 Å². The first-order chi connectivity index (χ1) is 7.95. The van der Waals surface area contributed by atoms with Crippen molar-refractivity contribution in [3.63, 3.8) is 0 Å². The first-order valence-electron chi connectivity index (χ1n) is 4.80. The van der Waals surface area contributed by atoms with Gasteiger partial charge in [0, 0.05) is 0 Å². The molecule has 4 N–H and O–H groups in total. The molecule has 1 aromatic carbocycles. The van der Waals surface area contributed by atoms with Crippen LogP contribution in [0.1, 0.15) is 11.1 Å². The van der Waals surface area contributed by atoms with E-state index in [0.717, 1.165) is 11.1 Å². The van der Waals surface area contributed by atoms with E-state index in [1.54, 1.807) is 12.1 Å². The highest BCUT2D eigenvalue weighted by Gasteiger charge is 2.04. The average Bonchev–Trinajstić information content (AvgIpc) is 2.25. The van der Waals surface area contributed by atoms with Crippen molar-refractivity contribution in [3.8, 4) is 6.07 Å². The normalized spacial score (nSPS) is 10.8. The van der Waals surface area contributed by atoms with E-state index in [4.69, 9.17) is 28.0 Å². The first-order valence-corrected chi connectivity index (χ1v) is 5.18. The Morgan fingerprint density at radius 1 is 1.47 bits per heavy atom. The van der Waals surface area contributed by atoms with Gasteiger partial charge in [0.05, 0.1) is 10.7 Å². The molecule has 0 unspecified atom stereocenters. The van der Waals surface area contributed by atoms with E-state index in [-0.39, 0.29) is 11.5 Å². The number of aryl methyl sites for hydroxylation is 2. The largest absolute Gasteiger partial charge is 0.382 e. The van der Waals surface area contributed by atoms with Crippen LogP contribution in [0.15, 0.2) is 17.2 Å². The van der Waals surface area contributed by atoms with Crippen LogP contribution in [0.25, 0.3) is 0 Å². The van der Waals surface area contributed by atoms with Crippen LogP contribution in [-0.4, -0.2) is 11.5 Å². The first kappa shape index (κ1) is 13.0. The SMILES string of the molecule is Cc1cc(Cl)c(N/N=C(\C#N)C(=N)N)cc1C. The molecule has 0 amide bonds. The Kier molecular flexibility index (Phi) is 4.07. The van der Waals surface area contributed by atoms with Crippen molar-refractivity contribution in [2.24, 2.45) is 10.8 Å². The molecule has 0 heterocycles. The molecule has 0 radical (unpaired) electrons. The molecule has 0 aromatic heterocycles. The average molecular weight is 250 g/mol. The Bertz CT molecular complexity index is 527. The van der Waals surface area contributed by atoms with Crippen LogP contribution in [0.2, 0.25) is 5.02 Å². The Hall–Kier alpha value is -2.06. The Morgan fingerprint density at radius 3 is 2.59 bits per heavy atom. The molecule has 88 valence electrons. The van der Waals surface area contributed by atoms with Gasteiger partial charge in [-0.3, -0.25) is 10.8 Å². The van der Waals surface area contributed by atoms with E-state index in [1.165, 1.54) is 0 Å². The Morgan fingerprint density at radius 2 is 2.06 bits per heavy atom. The minimum Gasteiger partial charge on any atom is -0.382 e. The highest BCUT2D eigenvalue weighted by Crippen LogP contribution is 2.25. The van der Waals surface area contributed by atoms with Crippen molar-refractivity contribution in [2.75, 3.05) is 5.43 Å². The molecule has 0 fully saturated rings. The number of rotatable bonds is 3. The second-order valence-corrected chi connectivity index (χ2v) is 3.92. The van der Waals surface area contributed by atoms with Gasteiger partial charge in [0.15, 0.2) is 5.84 Å². The van der Waals surface area contributed by atoms with Gasteiger partial charge in [0.25, 0.3) is 0 Å². The summed E-state index contributed by atoms with van der Waals surface area (Å²) >= 11 is 6.01. The predicted octanol–water partition coefficient (Wildman–Crippen LogP) is 2.18. The zero-order chi connectivity index (χ0) is 13.0. The van der Waals surface area contributed by atoms with Gasteiger partial charge in [-0.25, -0.2) is 0 Å². The number of hydrogen-bond acceptors (Lipinski definition) is 4. The molecule has 0 atom stereocenters. The molecule has 0 aliphatic carbocycles. The number of hydrogen-bond donors (Lipinski definition) is 3. The second kappa shape index (κ2) is 5.32. The van der Waals surface area contributed by atoms with Crippen LogP contribution < -0.4 is 11.2 Å². The number of amidine groups is 1. The predicted molar refractivity (Wildman–Crippen MR) is 69.5 cm³/mol. The maximum absolute atomic E-state index is 8.67. The molecule has 5 nitrogen and oxygen atoms in total. The van der Waals surface area contributed by atoms with Gasteiger partial charge in [-0.1, -0.05) is 11.6 Å². The molecule has 1 rings (SSSR count). The Balaban J connectivity index is 3.01. The molecule has 0 saturated carbocycles. The summed E-state index contributed by atoms with van der Waals surface area (Å²) in [4.78, 5) is 0. The molecular weight excluding hydrogens is 238 g/mol. The summed E-state index contributed by atoms with van der Waals surface area (Å²) in [5.41, 5.74) is 10.3. The van der Waals surface area contributed by atoms with Gasteiger partial charge in [0.1, 0.15) is 6.07 Å². The van der Waals surface area contributed by atoms with Crippen molar-refractivity contribution in [2.45, 2.75) is 13.8 Å². The van der Waals surface area contributed by atoms with E-state index in [2.05, 4.69) is 10.5 Å². The smallest absolute Gasteiger partial charge is 0.201 e. The summed E-state index contributed by atoms with van der Waals surface area (Å²) < 4.78 is 0. The highest BCUT2D eigenvalue weighted by molar-refractivity contribution is 6.45. The molecule has 0 spiro atoms. The molecule has 0 aliphatic rings. The molecule has 0 aliphatic heterocycles. The van der Waals surface area contributed by atoms with Crippen LogP contribution in [-0.2, 0) is 0 Å². The fourth-order valence-electron chi connectivity index (χ4n) is 1.13. The molecule has 0 bridgehead atoms. The number of nitrogens with zero attached hydrogens (tertiary/aromatic N) is 2. The lowest BCUT2D eigenvalue weighted by Crippen LogP contribution is -2.21. The van der Waals surface area contributed by atoms with Crippen molar-refractivity contribution in [1.82, 2.24) is 0 Å². The monoisotopic (exact) mass is 249 g/mol. The zero-order valence-electron chi connectivity index (χ0n) is 9.50. The number of nitrogens with one attached hydrogen (secondary N) is 2. The highest BCUT2D eigenvalue weighted by atomic mass is 35.5. The molecular formula is C11H12ClN5. The van der Waals surface area contributed by atoms with Crippen molar-refractivity contribution < 1.29 is 0 Å². The number of nitrogens with two attached hydrogens (primary N) is 1. The van der Waals surface area contributed by atoms with E-state index in [9.17, 15) is 0 Å². The summed E-state index contributed by atoms with van der Waals surface area (Å²) in [7, 11) is 0. The number of nitriles is 1. The lowest BCUT2D eigenvalue weighted by atomic mass is 10.1. The number of hydrazone groups is 1. The van der Waals surface area contributed by atoms with Crippen LogP contribution >= 0.6 is 11.6 Å². The van der Waals surface area contributed by atoms with Gasteiger partial charge in [-0.2, -0.15) is 10.4 Å². The minimum atomic E-state index is -0.389.